The molecule has 5 unspecified atom stereocenters. The topological polar surface area (TPSA) is 231 Å². The molecule has 0 radical (unpaired) electrons. The molecule has 0 fully saturated rings. The molecule has 93 heavy (non-hydrogen) atoms. The third-order valence-electron chi connectivity index (χ3n) is 15.6. The van der Waals surface area contributed by atoms with Gasteiger partial charge in [0, 0.05) is 19.3 Å². The van der Waals surface area contributed by atoms with E-state index in [1.165, 1.54) is 128 Å². The second-order valence-electron chi connectivity index (χ2n) is 24.7. The summed E-state index contributed by atoms with van der Waals surface area (Å²) in [6, 6.07) is 0. The van der Waals surface area contributed by atoms with Gasteiger partial charge in [-0.2, -0.15) is 0 Å². The number of phosphoric ester groups is 2. The number of hydrogen-bond donors (Lipinski definition) is 4. The Balaban J connectivity index is 4.43. The molecule has 0 aliphatic carbocycles. The minimum atomic E-state index is -4.92. The van der Waals surface area contributed by atoms with Crippen molar-refractivity contribution in [1.29, 1.82) is 0 Å². The molecule has 0 rings (SSSR count). The zero-order chi connectivity index (χ0) is 68.1. The van der Waals surface area contributed by atoms with Crippen LogP contribution in [0.2, 0.25) is 0 Å². The summed E-state index contributed by atoms with van der Waals surface area (Å²) in [6.45, 7) is 2.55. The van der Waals surface area contributed by atoms with E-state index in [-0.39, 0.29) is 19.3 Å². The predicted octanol–water partition coefficient (Wildman–Crippen LogP) is 20.9. The SMILES string of the molecule is CC/C=C\C/C=C\C/C=C\C/C=C\C/C=C\CCCCCCCCCCCCCCCC(=O)OCC(O)COP(=O)(O)OCC(O)COP(=O)(O)OCC(COC(=O)CCCCCCC/C=C\C/C=C\CCCCC)OC(=O)CCCCCCCCCCCCCCC. The number of rotatable bonds is 70. The van der Waals surface area contributed by atoms with Crippen LogP contribution in [0, 0.1) is 0 Å². The fraction of sp³-hybridized carbons (Fsp3) is 0.773. The molecule has 0 aliphatic heterocycles. The quantitative estimate of drug-likeness (QED) is 0.0146. The van der Waals surface area contributed by atoms with Gasteiger partial charge in [0.15, 0.2) is 6.10 Å². The number of esters is 3. The van der Waals surface area contributed by atoms with Crippen LogP contribution in [-0.4, -0.2) is 95.9 Å². The van der Waals surface area contributed by atoms with E-state index >= 15 is 0 Å². The first-order valence-corrected chi connectivity index (χ1v) is 39.9. The number of hydrogen-bond acceptors (Lipinski definition) is 14. The van der Waals surface area contributed by atoms with Crippen LogP contribution in [0.4, 0.5) is 0 Å². The minimum Gasteiger partial charge on any atom is -0.463 e. The van der Waals surface area contributed by atoms with Gasteiger partial charge >= 0.3 is 33.6 Å². The van der Waals surface area contributed by atoms with E-state index < -0.39 is 91.5 Å². The Morgan fingerprint density at radius 2 is 0.570 bits per heavy atom. The monoisotopic (exact) mass is 1350 g/mol. The number of allylic oxidation sites excluding steroid dienone is 14. The maximum Gasteiger partial charge on any atom is 0.472 e. The molecule has 540 valence electrons. The molecule has 0 spiro atoms. The van der Waals surface area contributed by atoms with Gasteiger partial charge in [-0.15, -0.1) is 0 Å². The van der Waals surface area contributed by atoms with Crippen molar-refractivity contribution in [2.75, 3.05) is 39.6 Å². The molecule has 0 saturated carbocycles. The molecular formula is C75H134O16P2. The first-order valence-electron chi connectivity index (χ1n) is 36.9. The van der Waals surface area contributed by atoms with E-state index in [2.05, 4.69) is 106 Å². The number of carbonyl (C=O) groups is 3. The van der Waals surface area contributed by atoms with Crippen LogP contribution in [-0.2, 0) is 55.8 Å². The Hall–Kier alpha value is -3.27. The zero-order valence-electron chi connectivity index (χ0n) is 58.7. The largest absolute Gasteiger partial charge is 0.472 e. The number of unbranched alkanes of at least 4 members (excludes halogenated alkanes) is 33. The van der Waals surface area contributed by atoms with E-state index in [9.17, 15) is 43.5 Å². The highest BCUT2D eigenvalue weighted by molar-refractivity contribution is 7.47. The third-order valence-corrected chi connectivity index (χ3v) is 17.5. The molecule has 0 amide bonds. The van der Waals surface area contributed by atoms with Crippen LogP contribution in [0.5, 0.6) is 0 Å². The molecule has 0 bridgehead atoms. The first-order chi connectivity index (χ1) is 45.2. The van der Waals surface area contributed by atoms with Crippen molar-refractivity contribution in [2.45, 2.75) is 334 Å². The van der Waals surface area contributed by atoms with Gasteiger partial charge in [-0.25, -0.2) is 9.13 Å². The van der Waals surface area contributed by atoms with Crippen molar-refractivity contribution in [3.8, 4) is 0 Å². The maximum atomic E-state index is 12.9. The lowest BCUT2D eigenvalue weighted by Gasteiger charge is -2.21. The second kappa shape index (κ2) is 68.7. The highest BCUT2D eigenvalue weighted by atomic mass is 31.2. The van der Waals surface area contributed by atoms with Crippen LogP contribution in [0.15, 0.2) is 85.1 Å². The number of ether oxygens (including phenoxy) is 3. The van der Waals surface area contributed by atoms with Crippen LogP contribution < -0.4 is 0 Å². The summed E-state index contributed by atoms with van der Waals surface area (Å²) in [4.78, 5) is 58.4. The van der Waals surface area contributed by atoms with Crippen molar-refractivity contribution < 1.29 is 75.8 Å². The second-order valence-corrected chi connectivity index (χ2v) is 27.6. The summed E-state index contributed by atoms with van der Waals surface area (Å²) in [5.74, 6) is -1.58. The van der Waals surface area contributed by atoms with Crippen LogP contribution in [0.25, 0.3) is 0 Å². The zero-order valence-corrected chi connectivity index (χ0v) is 60.5. The molecule has 16 nitrogen and oxygen atoms in total. The normalized spacial score (nSPS) is 14.6. The molecular weight excluding hydrogens is 1220 g/mol. The minimum absolute atomic E-state index is 0.106. The summed E-state index contributed by atoms with van der Waals surface area (Å²) < 4.78 is 60.9. The van der Waals surface area contributed by atoms with Gasteiger partial charge in [0.2, 0.25) is 0 Å². The van der Waals surface area contributed by atoms with Crippen LogP contribution >= 0.6 is 15.6 Å². The lowest BCUT2D eigenvalue weighted by Crippen LogP contribution is -2.30. The highest BCUT2D eigenvalue weighted by Gasteiger charge is 2.29. The maximum absolute atomic E-state index is 12.9. The Labute approximate surface area is 565 Å². The summed E-state index contributed by atoms with van der Waals surface area (Å²) in [5, 5.41) is 20.6. The number of aliphatic hydroxyl groups excluding tert-OH is 2. The lowest BCUT2D eigenvalue weighted by atomic mass is 10.0. The van der Waals surface area contributed by atoms with Crippen molar-refractivity contribution in [3.05, 3.63) is 85.1 Å². The van der Waals surface area contributed by atoms with E-state index in [1.807, 2.05) is 0 Å². The van der Waals surface area contributed by atoms with E-state index in [0.29, 0.717) is 19.3 Å². The molecule has 5 atom stereocenters. The van der Waals surface area contributed by atoms with E-state index in [4.69, 9.17) is 32.3 Å². The molecule has 0 heterocycles. The van der Waals surface area contributed by atoms with Gasteiger partial charge in [-0.3, -0.25) is 32.5 Å². The van der Waals surface area contributed by atoms with Crippen molar-refractivity contribution in [2.24, 2.45) is 0 Å². The first kappa shape index (κ1) is 89.7. The molecule has 0 aliphatic rings. The summed E-state index contributed by atoms with van der Waals surface area (Å²) in [6.07, 6.45) is 75.0. The average molecular weight is 1350 g/mol. The van der Waals surface area contributed by atoms with Gasteiger partial charge in [0.25, 0.3) is 0 Å². The van der Waals surface area contributed by atoms with E-state index in [1.54, 1.807) is 0 Å². The number of aliphatic hydroxyl groups is 2. The highest BCUT2D eigenvalue weighted by Crippen LogP contribution is 2.45. The summed E-state index contributed by atoms with van der Waals surface area (Å²) in [7, 11) is -9.77. The van der Waals surface area contributed by atoms with Crippen LogP contribution in [0.3, 0.4) is 0 Å². The van der Waals surface area contributed by atoms with Crippen molar-refractivity contribution >= 4 is 33.6 Å². The Kier molecular flexibility index (Phi) is 66.2. The van der Waals surface area contributed by atoms with E-state index in [0.717, 1.165) is 128 Å². The molecule has 0 aromatic heterocycles. The van der Waals surface area contributed by atoms with Crippen LogP contribution in [0.1, 0.15) is 316 Å². The van der Waals surface area contributed by atoms with Gasteiger partial charge in [0.05, 0.1) is 26.4 Å². The molecule has 0 aromatic carbocycles. The fourth-order valence-electron chi connectivity index (χ4n) is 9.98. The number of carbonyl (C=O) groups excluding carboxylic acids is 3. The Morgan fingerprint density at radius 3 is 0.925 bits per heavy atom. The summed E-state index contributed by atoms with van der Waals surface area (Å²) in [5.41, 5.74) is 0. The average Bonchev–Trinajstić information content (AvgIpc) is 2.91. The van der Waals surface area contributed by atoms with Gasteiger partial charge in [-0.05, 0) is 96.3 Å². The smallest absolute Gasteiger partial charge is 0.463 e. The molecule has 18 heteroatoms. The predicted molar refractivity (Wildman–Crippen MR) is 381 cm³/mol. The molecule has 0 saturated heterocycles. The molecule has 4 N–H and O–H groups in total. The summed E-state index contributed by atoms with van der Waals surface area (Å²) >= 11 is 0. The molecule has 0 aromatic rings. The van der Waals surface area contributed by atoms with Crippen molar-refractivity contribution in [3.63, 3.8) is 0 Å². The van der Waals surface area contributed by atoms with Gasteiger partial charge in [0.1, 0.15) is 25.4 Å². The Bertz CT molecular complexity index is 2040. The fourth-order valence-corrected chi connectivity index (χ4v) is 11.6. The van der Waals surface area contributed by atoms with Crippen molar-refractivity contribution in [1.82, 2.24) is 0 Å². The third kappa shape index (κ3) is 69.9. The van der Waals surface area contributed by atoms with Gasteiger partial charge < -0.3 is 34.2 Å². The lowest BCUT2D eigenvalue weighted by molar-refractivity contribution is -0.161. The van der Waals surface area contributed by atoms with Gasteiger partial charge in [-0.1, -0.05) is 286 Å². The standard InChI is InChI=1S/C75H134O16P2/c1-4-7-10-13-16-19-22-25-27-28-29-30-31-32-33-34-35-36-37-38-39-40-42-45-46-49-52-55-58-61-73(78)85-64-70(76)65-87-92(81,82)88-66-71(77)67-89-93(83,84)90-69-72(91-75(80)63-60-57-54-51-48-43-24-21-18-15-12-9-6-3)68-86-74(79)62-59-56-53-50-47-44-41-26-23-20-17-14-11-8-5-2/h7,10,16-17,19-20,25-27,29-30,32-33,41,70-72,76-77H,4-6,8-9,11-15,18,21-24,28,31,34-40,42-69H2,1-3H3,(H,81,82)(H,83,84)/b10-7-,19-16-,20-17-,27-25-,30-29-,33-32-,41-26-. The number of phosphoric acid groups is 2. The Morgan fingerprint density at radius 1 is 0.312 bits per heavy atom.